The highest BCUT2D eigenvalue weighted by atomic mass is 16.6. The normalized spacial score (nSPS) is 18.5. The van der Waals surface area contributed by atoms with Gasteiger partial charge in [0, 0.05) is 12.2 Å². The summed E-state index contributed by atoms with van der Waals surface area (Å²) < 4.78 is 14.2. The van der Waals surface area contributed by atoms with Gasteiger partial charge in [0.2, 0.25) is 0 Å². The summed E-state index contributed by atoms with van der Waals surface area (Å²) in [4.78, 5) is 21.8. The molecule has 1 saturated heterocycles. The van der Waals surface area contributed by atoms with E-state index in [4.69, 9.17) is 9.47 Å². The number of epoxide rings is 1. The zero-order valence-electron chi connectivity index (χ0n) is 8.18. The molecule has 5 heteroatoms. The Hall–Kier alpha value is -1.62. The summed E-state index contributed by atoms with van der Waals surface area (Å²) in [5, 5.41) is 0. The van der Waals surface area contributed by atoms with Crippen LogP contribution in [0.15, 0.2) is 24.8 Å². The number of rotatable bonds is 6. The Labute approximate surface area is 87.3 Å². The topological polar surface area (TPSA) is 65.1 Å². The van der Waals surface area contributed by atoms with Crippen molar-refractivity contribution < 1.29 is 23.8 Å². The first kappa shape index (κ1) is 11.5. The average molecular weight is 212 g/mol. The van der Waals surface area contributed by atoms with Crippen LogP contribution in [0.3, 0.4) is 0 Å². The lowest BCUT2D eigenvalue weighted by molar-refractivity contribution is -0.140. The smallest absolute Gasteiger partial charge is 0.331 e. The number of ether oxygens (including phenoxy) is 3. The molecule has 0 saturated carbocycles. The lowest BCUT2D eigenvalue weighted by atomic mass is 10.5. The van der Waals surface area contributed by atoms with Crippen LogP contribution in [0.25, 0.3) is 0 Å². The first-order chi connectivity index (χ1) is 7.22. The molecule has 1 unspecified atom stereocenters. The number of carbonyl (C=O) groups excluding carboxylic acids is 2. The van der Waals surface area contributed by atoms with Crippen molar-refractivity contribution in [3.63, 3.8) is 0 Å². The van der Waals surface area contributed by atoms with E-state index in [9.17, 15) is 9.59 Å². The second kappa shape index (κ2) is 5.98. The fraction of sp³-hybridized carbons (Fsp3) is 0.400. The molecule has 0 aromatic rings. The molecule has 0 amide bonds. The number of hydrogen-bond donors (Lipinski definition) is 0. The zero-order valence-corrected chi connectivity index (χ0v) is 8.18. The fourth-order valence-electron chi connectivity index (χ4n) is 0.713. The van der Waals surface area contributed by atoms with Crippen molar-refractivity contribution in [2.75, 3.05) is 19.8 Å². The average Bonchev–Trinajstić information content (AvgIpc) is 3.04. The van der Waals surface area contributed by atoms with Crippen LogP contribution in [0.2, 0.25) is 0 Å². The third-order valence-corrected chi connectivity index (χ3v) is 1.51. The summed E-state index contributed by atoms with van der Waals surface area (Å²) >= 11 is 0. The van der Waals surface area contributed by atoms with Crippen molar-refractivity contribution >= 4 is 11.9 Å². The standard InChI is InChI=1S/C10H12O5/c1-2-5-13-9(11)3-4-10(12)15-7-8-6-14-8/h2-4,8H,1,5-7H2/b4-3-. The van der Waals surface area contributed by atoms with Crippen molar-refractivity contribution in [2.24, 2.45) is 0 Å². The Morgan fingerprint density at radius 3 is 2.47 bits per heavy atom. The minimum Gasteiger partial charge on any atom is -0.460 e. The molecule has 5 nitrogen and oxygen atoms in total. The molecular weight excluding hydrogens is 200 g/mol. The molecule has 0 N–H and O–H groups in total. The molecule has 1 atom stereocenters. The molecule has 82 valence electrons. The highest BCUT2D eigenvalue weighted by molar-refractivity contribution is 5.91. The van der Waals surface area contributed by atoms with Crippen molar-refractivity contribution in [1.82, 2.24) is 0 Å². The third-order valence-electron chi connectivity index (χ3n) is 1.51. The summed E-state index contributed by atoms with van der Waals surface area (Å²) in [6, 6.07) is 0. The van der Waals surface area contributed by atoms with Crippen LogP contribution in [0.4, 0.5) is 0 Å². The highest BCUT2D eigenvalue weighted by Crippen LogP contribution is 2.08. The second-order valence-electron chi connectivity index (χ2n) is 2.84. The van der Waals surface area contributed by atoms with Gasteiger partial charge in [-0.3, -0.25) is 0 Å². The molecular formula is C10H12O5. The first-order valence-electron chi connectivity index (χ1n) is 4.46. The van der Waals surface area contributed by atoms with E-state index in [1.807, 2.05) is 0 Å². The Balaban J connectivity index is 2.13. The van der Waals surface area contributed by atoms with Gasteiger partial charge in [0.1, 0.15) is 19.3 Å². The quantitative estimate of drug-likeness (QED) is 0.272. The minimum absolute atomic E-state index is 0.0232. The van der Waals surface area contributed by atoms with Crippen LogP contribution < -0.4 is 0 Å². The summed E-state index contributed by atoms with van der Waals surface area (Å²) in [6.07, 6.45) is 3.50. The lowest BCUT2D eigenvalue weighted by Gasteiger charge is -1.97. The van der Waals surface area contributed by atoms with Crippen molar-refractivity contribution in [1.29, 1.82) is 0 Å². The van der Waals surface area contributed by atoms with E-state index in [1.54, 1.807) is 0 Å². The van der Waals surface area contributed by atoms with Gasteiger partial charge in [0.05, 0.1) is 6.61 Å². The molecule has 0 aliphatic carbocycles. The fourth-order valence-corrected chi connectivity index (χ4v) is 0.713. The molecule has 0 radical (unpaired) electrons. The van der Waals surface area contributed by atoms with Gasteiger partial charge in [0.25, 0.3) is 0 Å². The third kappa shape index (κ3) is 5.64. The van der Waals surface area contributed by atoms with Gasteiger partial charge in [-0.2, -0.15) is 0 Å². The maximum atomic E-state index is 11.0. The van der Waals surface area contributed by atoms with Crippen molar-refractivity contribution in [3.05, 3.63) is 24.8 Å². The largest absolute Gasteiger partial charge is 0.460 e. The van der Waals surface area contributed by atoms with Crippen LogP contribution in [0.5, 0.6) is 0 Å². The maximum absolute atomic E-state index is 11.0. The van der Waals surface area contributed by atoms with E-state index in [0.29, 0.717) is 6.61 Å². The molecule has 1 heterocycles. The Morgan fingerprint density at radius 2 is 1.93 bits per heavy atom. The SMILES string of the molecule is C=CCOC(=O)/C=C\C(=O)OCC1CO1. The van der Waals surface area contributed by atoms with Crippen LogP contribution in [-0.2, 0) is 23.8 Å². The highest BCUT2D eigenvalue weighted by Gasteiger charge is 2.23. The molecule has 0 spiro atoms. The summed E-state index contributed by atoms with van der Waals surface area (Å²) in [5.74, 6) is -1.18. The molecule has 0 bridgehead atoms. The molecule has 1 rings (SSSR count). The van der Waals surface area contributed by atoms with Gasteiger partial charge in [-0.1, -0.05) is 12.7 Å². The second-order valence-corrected chi connectivity index (χ2v) is 2.84. The summed E-state index contributed by atoms with van der Waals surface area (Å²) in [6.45, 7) is 4.35. The van der Waals surface area contributed by atoms with Crippen LogP contribution in [0.1, 0.15) is 0 Å². The molecule has 1 aliphatic heterocycles. The Morgan fingerprint density at radius 1 is 1.33 bits per heavy atom. The lowest BCUT2D eigenvalue weighted by Crippen LogP contribution is -2.08. The molecule has 0 aromatic heterocycles. The van der Waals surface area contributed by atoms with Gasteiger partial charge < -0.3 is 14.2 Å². The van der Waals surface area contributed by atoms with Crippen LogP contribution in [0, 0.1) is 0 Å². The van der Waals surface area contributed by atoms with Gasteiger partial charge in [0.15, 0.2) is 0 Å². The van der Waals surface area contributed by atoms with Crippen LogP contribution >= 0.6 is 0 Å². The predicted molar refractivity (Wildman–Crippen MR) is 51.0 cm³/mol. The predicted octanol–water partition coefficient (Wildman–Crippen LogP) is 0.214. The van der Waals surface area contributed by atoms with Gasteiger partial charge in [-0.15, -0.1) is 0 Å². The number of esters is 2. The summed E-state index contributed by atoms with van der Waals surface area (Å²) in [5.41, 5.74) is 0. The van der Waals surface area contributed by atoms with Gasteiger partial charge >= 0.3 is 11.9 Å². The van der Waals surface area contributed by atoms with E-state index < -0.39 is 11.9 Å². The molecule has 1 aliphatic rings. The van der Waals surface area contributed by atoms with E-state index in [2.05, 4.69) is 11.3 Å². The number of carbonyl (C=O) groups is 2. The zero-order chi connectivity index (χ0) is 11.1. The van der Waals surface area contributed by atoms with E-state index in [1.165, 1.54) is 6.08 Å². The van der Waals surface area contributed by atoms with Crippen molar-refractivity contribution in [3.8, 4) is 0 Å². The van der Waals surface area contributed by atoms with E-state index in [0.717, 1.165) is 12.2 Å². The van der Waals surface area contributed by atoms with E-state index >= 15 is 0 Å². The van der Waals surface area contributed by atoms with Gasteiger partial charge in [-0.05, 0) is 0 Å². The van der Waals surface area contributed by atoms with Crippen molar-refractivity contribution in [2.45, 2.75) is 6.10 Å². The summed E-state index contributed by atoms with van der Waals surface area (Å²) in [7, 11) is 0. The van der Waals surface area contributed by atoms with E-state index in [-0.39, 0.29) is 19.3 Å². The monoisotopic (exact) mass is 212 g/mol. The van der Waals surface area contributed by atoms with Crippen LogP contribution in [-0.4, -0.2) is 37.9 Å². The Kier molecular flexibility index (Phi) is 4.56. The Bertz CT molecular complexity index is 278. The molecule has 1 fully saturated rings. The maximum Gasteiger partial charge on any atom is 0.331 e. The number of hydrogen-bond acceptors (Lipinski definition) is 5. The first-order valence-corrected chi connectivity index (χ1v) is 4.46. The van der Waals surface area contributed by atoms with Gasteiger partial charge in [-0.25, -0.2) is 9.59 Å². The molecule has 15 heavy (non-hydrogen) atoms. The molecule has 0 aromatic carbocycles. The minimum atomic E-state index is -0.602.